The number of ether oxygens (including phenoxy) is 2. The maximum atomic E-state index is 5.51. The Morgan fingerprint density at radius 1 is 1.24 bits per heavy atom. The number of hydrogen-bond acceptors (Lipinski definition) is 4. The summed E-state index contributed by atoms with van der Waals surface area (Å²) in [7, 11) is 4.08. The maximum Gasteiger partial charge on any atom is 0.162 e. The van der Waals surface area contributed by atoms with Crippen molar-refractivity contribution in [3.05, 3.63) is 23.8 Å². The molecule has 0 spiro atoms. The van der Waals surface area contributed by atoms with Crippen molar-refractivity contribution in [3.8, 4) is 11.5 Å². The van der Waals surface area contributed by atoms with Crippen molar-refractivity contribution >= 4 is 6.21 Å². The summed E-state index contributed by atoms with van der Waals surface area (Å²) >= 11 is 0. The second-order valence-electron chi connectivity index (χ2n) is 4.24. The van der Waals surface area contributed by atoms with Crippen molar-refractivity contribution in [1.82, 2.24) is 4.90 Å². The fourth-order valence-electron chi connectivity index (χ4n) is 1.57. The fourth-order valence-corrected chi connectivity index (χ4v) is 1.57. The number of aliphatic imine (C=N–C) groups is 1. The van der Waals surface area contributed by atoms with Crippen molar-refractivity contribution in [3.63, 3.8) is 0 Å². The Kier molecular flexibility index (Phi) is 3.98. The molecule has 4 nitrogen and oxygen atoms in total. The highest BCUT2D eigenvalue weighted by Crippen LogP contribution is 2.30. The molecule has 0 N–H and O–H groups in total. The predicted molar refractivity (Wildman–Crippen MR) is 68.4 cm³/mol. The molecule has 0 unspecified atom stereocenters. The van der Waals surface area contributed by atoms with Gasteiger partial charge in [-0.25, -0.2) is 0 Å². The van der Waals surface area contributed by atoms with Crippen LogP contribution in [0.2, 0.25) is 0 Å². The van der Waals surface area contributed by atoms with Crippen LogP contribution in [-0.4, -0.2) is 51.5 Å². The first-order valence-corrected chi connectivity index (χ1v) is 5.80. The molecule has 1 aliphatic heterocycles. The summed E-state index contributed by atoms with van der Waals surface area (Å²) in [6.45, 7) is 3.01. The lowest BCUT2D eigenvalue weighted by Crippen LogP contribution is -2.15. The van der Waals surface area contributed by atoms with Crippen LogP contribution < -0.4 is 9.47 Å². The van der Waals surface area contributed by atoms with Crippen LogP contribution in [-0.2, 0) is 0 Å². The van der Waals surface area contributed by atoms with Gasteiger partial charge in [-0.1, -0.05) is 0 Å². The number of fused-ring (bicyclic) bond motifs is 1. The van der Waals surface area contributed by atoms with E-state index < -0.39 is 0 Å². The van der Waals surface area contributed by atoms with E-state index in [0.717, 1.165) is 30.2 Å². The first-order chi connectivity index (χ1) is 8.25. The molecule has 0 fully saturated rings. The highest BCUT2D eigenvalue weighted by molar-refractivity contribution is 5.80. The summed E-state index contributed by atoms with van der Waals surface area (Å²) in [4.78, 5) is 6.48. The van der Waals surface area contributed by atoms with Crippen molar-refractivity contribution in [1.29, 1.82) is 0 Å². The molecule has 0 radical (unpaired) electrons. The number of rotatable bonds is 4. The van der Waals surface area contributed by atoms with Gasteiger partial charge in [0.1, 0.15) is 13.2 Å². The second kappa shape index (κ2) is 5.68. The Morgan fingerprint density at radius 2 is 2.00 bits per heavy atom. The SMILES string of the molecule is CN(C)CCN=Cc1ccc2c(c1)OCCO2. The second-order valence-corrected chi connectivity index (χ2v) is 4.24. The zero-order valence-electron chi connectivity index (χ0n) is 10.3. The lowest BCUT2D eigenvalue weighted by Gasteiger charge is -2.18. The third-order valence-electron chi connectivity index (χ3n) is 2.48. The molecule has 0 amide bonds. The van der Waals surface area contributed by atoms with Gasteiger partial charge in [0, 0.05) is 12.8 Å². The molecule has 0 atom stereocenters. The number of benzene rings is 1. The zero-order chi connectivity index (χ0) is 12.1. The van der Waals surface area contributed by atoms with Gasteiger partial charge in [-0.15, -0.1) is 0 Å². The van der Waals surface area contributed by atoms with E-state index >= 15 is 0 Å². The molecule has 0 aliphatic carbocycles. The summed E-state index contributed by atoms with van der Waals surface area (Å²) in [5.41, 5.74) is 1.05. The van der Waals surface area contributed by atoms with Crippen LogP contribution in [0.4, 0.5) is 0 Å². The minimum atomic E-state index is 0.619. The lowest BCUT2D eigenvalue weighted by molar-refractivity contribution is 0.171. The van der Waals surface area contributed by atoms with E-state index in [-0.39, 0.29) is 0 Å². The van der Waals surface area contributed by atoms with E-state index in [9.17, 15) is 0 Å². The van der Waals surface area contributed by atoms with Crippen LogP contribution in [0, 0.1) is 0 Å². The summed E-state index contributed by atoms with van der Waals surface area (Å²) in [5.74, 6) is 1.63. The van der Waals surface area contributed by atoms with Crippen LogP contribution in [0.1, 0.15) is 5.56 Å². The molecule has 0 aromatic heterocycles. The summed E-state index contributed by atoms with van der Waals surface area (Å²) in [5, 5.41) is 0. The first-order valence-electron chi connectivity index (χ1n) is 5.80. The van der Waals surface area contributed by atoms with E-state index in [0.29, 0.717) is 13.2 Å². The molecule has 4 heteroatoms. The smallest absolute Gasteiger partial charge is 0.162 e. The molecular formula is C13H18N2O2. The van der Waals surface area contributed by atoms with Gasteiger partial charge in [-0.2, -0.15) is 0 Å². The average Bonchev–Trinajstić information content (AvgIpc) is 2.34. The molecule has 0 saturated heterocycles. The molecule has 17 heavy (non-hydrogen) atoms. The largest absolute Gasteiger partial charge is 0.486 e. The van der Waals surface area contributed by atoms with Crippen LogP contribution in [0.5, 0.6) is 11.5 Å². The third kappa shape index (κ3) is 3.46. The minimum absolute atomic E-state index is 0.619. The number of hydrogen-bond donors (Lipinski definition) is 0. The van der Waals surface area contributed by atoms with Crippen molar-refractivity contribution in [2.24, 2.45) is 4.99 Å². The van der Waals surface area contributed by atoms with Crippen molar-refractivity contribution in [2.45, 2.75) is 0 Å². The Hall–Kier alpha value is -1.55. The van der Waals surface area contributed by atoms with Gasteiger partial charge in [0.2, 0.25) is 0 Å². The van der Waals surface area contributed by atoms with Crippen LogP contribution in [0.3, 0.4) is 0 Å². The maximum absolute atomic E-state index is 5.51. The van der Waals surface area contributed by atoms with Gasteiger partial charge in [0.15, 0.2) is 11.5 Å². The Bertz CT molecular complexity index is 402. The van der Waals surface area contributed by atoms with Crippen molar-refractivity contribution < 1.29 is 9.47 Å². The topological polar surface area (TPSA) is 34.1 Å². The van der Waals surface area contributed by atoms with E-state index in [4.69, 9.17) is 9.47 Å². The third-order valence-corrected chi connectivity index (χ3v) is 2.48. The molecular weight excluding hydrogens is 216 g/mol. The molecule has 1 aliphatic rings. The van der Waals surface area contributed by atoms with Crippen LogP contribution >= 0.6 is 0 Å². The van der Waals surface area contributed by atoms with Gasteiger partial charge in [0.25, 0.3) is 0 Å². The fraction of sp³-hybridized carbons (Fsp3) is 0.462. The molecule has 1 heterocycles. The lowest BCUT2D eigenvalue weighted by atomic mass is 10.2. The van der Waals surface area contributed by atoms with E-state index in [2.05, 4.69) is 9.89 Å². The summed E-state index contributed by atoms with van der Waals surface area (Å²) < 4.78 is 11.0. The summed E-state index contributed by atoms with van der Waals surface area (Å²) in [6, 6.07) is 5.89. The quantitative estimate of drug-likeness (QED) is 0.739. The van der Waals surface area contributed by atoms with Crippen molar-refractivity contribution in [2.75, 3.05) is 40.4 Å². The molecule has 2 rings (SSSR count). The molecule has 0 bridgehead atoms. The first kappa shape index (κ1) is 11.9. The Morgan fingerprint density at radius 3 is 2.76 bits per heavy atom. The molecule has 1 aromatic rings. The Balaban J connectivity index is 1.97. The van der Waals surface area contributed by atoms with Gasteiger partial charge in [-0.3, -0.25) is 4.99 Å². The van der Waals surface area contributed by atoms with E-state index in [1.165, 1.54) is 0 Å². The minimum Gasteiger partial charge on any atom is -0.486 e. The normalized spacial score (nSPS) is 14.5. The van der Waals surface area contributed by atoms with Crippen LogP contribution in [0.25, 0.3) is 0 Å². The summed E-state index contributed by atoms with van der Waals surface area (Å²) in [6.07, 6.45) is 1.88. The number of nitrogens with zero attached hydrogens (tertiary/aromatic N) is 2. The highest BCUT2D eigenvalue weighted by atomic mass is 16.6. The van der Waals surface area contributed by atoms with E-state index in [1.807, 2.05) is 38.5 Å². The monoisotopic (exact) mass is 234 g/mol. The van der Waals surface area contributed by atoms with Gasteiger partial charge in [0.05, 0.1) is 6.54 Å². The highest BCUT2D eigenvalue weighted by Gasteiger charge is 2.10. The van der Waals surface area contributed by atoms with Gasteiger partial charge >= 0.3 is 0 Å². The number of likely N-dealkylation sites (N-methyl/N-ethyl adjacent to an activating group) is 1. The van der Waals surface area contributed by atoms with Gasteiger partial charge < -0.3 is 14.4 Å². The molecule has 1 aromatic carbocycles. The van der Waals surface area contributed by atoms with Crippen LogP contribution in [0.15, 0.2) is 23.2 Å². The van der Waals surface area contributed by atoms with E-state index in [1.54, 1.807) is 0 Å². The average molecular weight is 234 g/mol. The zero-order valence-corrected chi connectivity index (χ0v) is 10.3. The molecule has 0 saturated carbocycles. The van der Waals surface area contributed by atoms with Gasteiger partial charge in [-0.05, 0) is 37.9 Å². The molecule has 92 valence electrons. The Labute approximate surface area is 102 Å². The standard InChI is InChI=1S/C13H18N2O2/c1-15(2)6-5-14-10-11-3-4-12-13(9-11)17-8-7-16-12/h3-4,9-10H,5-8H2,1-2H3. The predicted octanol–water partition coefficient (Wildman–Crippen LogP) is 1.44.